The van der Waals surface area contributed by atoms with Crippen LogP contribution >= 0.6 is 0 Å². The highest BCUT2D eigenvalue weighted by atomic mass is 16.7. The lowest BCUT2D eigenvalue weighted by molar-refractivity contribution is -0.0246. The van der Waals surface area contributed by atoms with Gasteiger partial charge in [-0.2, -0.15) is 5.48 Å². The third-order valence-corrected chi connectivity index (χ3v) is 3.05. The van der Waals surface area contributed by atoms with Crippen molar-refractivity contribution in [2.24, 2.45) is 0 Å². The number of benzene rings is 1. The second kappa shape index (κ2) is 5.32. The zero-order valence-corrected chi connectivity index (χ0v) is 9.70. The number of hydrogen-bond donors (Lipinski definition) is 2. The lowest BCUT2D eigenvalue weighted by Crippen LogP contribution is -2.21. The maximum Gasteiger partial charge on any atom is 0.120 e. The molecule has 0 amide bonds. The van der Waals surface area contributed by atoms with Crippen LogP contribution in [0, 0.1) is 6.92 Å². The quantitative estimate of drug-likeness (QED) is 0.768. The van der Waals surface area contributed by atoms with Crippen LogP contribution in [0.25, 0.3) is 0 Å². The van der Waals surface area contributed by atoms with E-state index in [0.717, 1.165) is 24.0 Å². The molecule has 2 N–H and O–H groups in total. The molecule has 1 aromatic carbocycles. The number of rotatable bonds is 4. The molecule has 0 atom stereocenters. The molecule has 1 fully saturated rings. The molecule has 1 aliphatic carbocycles. The van der Waals surface area contributed by atoms with E-state index in [0.29, 0.717) is 18.4 Å². The average Bonchev–Trinajstić information content (AvgIpc) is 2.76. The highest BCUT2D eigenvalue weighted by Crippen LogP contribution is 2.21. The minimum Gasteiger partial charge on any atom is -0.508 e. The molecule has 16 heavy (non-hydrogen) atoms. The molecule has 1 aromatic rings. The number of nitrogens with one attached hydrogen (secondary N) is 1. The highest BCUT2D eigenvalue weighted by Gasteiger charge is 2.15. The van der Waals surface area contributed by atoms with Gasteiger partial charge in [0.05, 0.1) is 6.10 Å². The Hall–Kier alpha value is -1.06. The van der Waals surface area contributed by atoms with E-state index in [-0.39, 0.29) is 0 Å². The van der Waals surface area contributed by atoms with Crippen molar-refractivity contribution in [1.29, 1.82) is 0 Å². The Morgan fingerprint density at radius 2 is 2.12 bits per heavy atom. The van der Waals surface area contributed by atoms with Gasteiger partial charge in [0, 0.05) is 12.1 Å². The zero-order chi connectivity index (χ0) is 11.4. The molecule has 0 unspecified atom stereocenters. The fraction of sp³-hybridized carbons (Fsp3) is 0.538. The standard InChI is InChI=1S/C13H19NO2/c1-10-6-7-13(15)11(8-10)9-14-16-12-4-2-3-5-12/h6-8,12,14-15H,2-5,9H2,1H3. The Kier molecular flexibility index (Phi) is 3.80. The van der Waals surface area contributed by atoms with Crippen LogP contribution in [-0.2, 0) is 11.4 Å². The first-order chi connectivity index (χ1) is 7.75. The molecule has 0 saturated heterocycles. The van der Waals surface area contributed by atoms with Crippen LogP contribution in [0.4, 0.5) is 0 Å². The number of phenolic OH excluding ortho intramolecular Hbond substituents is 1. The fourth-order valence-electron chi connectivity index (χ4n) is 2.10. The second-order valence-corrected chi connectivity index (χ2v) is 4.48. The molecule has 88 valence electrons. The summed E-state index contributed by atoms with van der Waals surface area (Å²) in [6.45, 7) is 2.57. The van der Waals surface area contributed by atoms with E-state index >= 15 is 0 Å². The molecule has 0 aliphatic heterocycles. The largest absolute Gasteiger partial charge is 0.508 e. The Labute approximate surface area is 96.4 Å². The van der Waals surface area contributed by atoms with Crippen molar-refractivity contribution in [2.45, 2.75) is 45.3 Å². The Balaban J connectivity index is 1.82. The molecule has 0 aromatic heterocycles. The molecule has 0 spiro atoms. The summed E-state index contributed by atoms with van der Waals surface area (Å²) < 4.78 is 0. The van der Waals surface area contributed by atoms with Crippen molar-refractivity contribution in [3.05, 3.63) is 29.3 Å². The average molecular weight is 221 g/mol. The zero-order valence-electron chi connectivity index (χ0n) is 9.70. The summed E-state index contributed by atoms with van der Waals surface area (Å²) in [4.78, 5) is 5.54. The minimum atomic E-state index is 0.327. The van der Waals surface area contributed by atoms with E-state index in [4.69, 9.17) is 4.84 Å². The lowest BCUT2D eigenvalue weighted by Gasteiger charge is -2.12. The van der Waals surface area contributed by atoms with Gasteiger partial charge in [0.15, 0.2) is 0 Å². The SMILES string of the molecule is Cc1ccc(O)c(CNOC2CCCC2)c1. The summed E-state index contributed by atoms with van der Waals surface area (Å²) in [5, 5.41) is 9.63. The fourth-order valence-corrected chi connectivity index (χ4v) is 2.10. The van der Waals surface area contributed by atoms with Gasteiger partial charge in [-0.3, -0.25) is 4.84 Å². The van der Waals surface area contributed by atoms with Crippen LogP contribution in [0.3, 0.4) is 0 Å². The summed E-state index contributed by atoms with van der Waals surface area (Å²) in [7, 11) is 0. The van der Waals surface area contributed by atoms with Crippen molar-refractivity contribution < 1.29 is 9.94 Å². The normalized spacial score (nSPS) is 16.8. The minimum absolute atomic E-state index is 0.327. The summed E-state index contributed by atoms with van der Waals surface area (Å²) in [6.07, 6.45) is 5.18. The van der Waals surface area contributed by atoms with Crippen LogP contribution in [0.15, 0.2) is 18.2 Å². The Bertz CT molecular complexity index is 346. The summed E-state index contributed by atoms with van der Waals surface area (Å²) in [6, 6.07) is 5.60. The van der Waals surface area contributed by atoms with Gasteiger partial charge in [-0.25, -0.2) is 0 Å². The van der Waals surface area contributed by atoms with Crippen LogP contribution in [0.5, 0.6) is 5.75 Å². The predicted octanol–water partition coefficient (Wildman–Crippen LogP) is 2.66. The Morgan fingerprint density at radius 1 is 1.38 bits per heavy atom. The molecular formula is C13H19NO2. The lowest BCUT2D eigenvalue weighted by atomic mass is 10.1. The molecular weight excluding hydrogens is 202 g/mol. The van der Waals surface area contributed by atoms with E-state index < -0.39 is 0 Å². The van der Waals surface area contributed by atoms with Gasteiger partial charge in [0.2, 0.25) is 0 Å². The van der Waals surface area contributed by atoms with E-state index in [1.807, 2.05) is 19.1 Å². The predicted molar refractivity (Wildman–Crippen MR) is 63.0 cm³/mol. The van der Waals surface area contributed by atoms with Gasteiger partial charge in [0.1, 0.15) is 5.75 Å². The van der Waals surface area contributed by atoms with Gasteiger partial charge < -0.3 is 5.11 Å². The van der Waals surface area contributed by atoms with E-state index in [2.05, 4.69) is 5.48 Å². The first kappa shape index (κ1) is 11.4. The van der Waals surface area contributed by atoms with Gasteiger partial charge >= 0.3 is 0 Å². The van der Waals surface area contributed by atoms with E-state index in [1.54, 1.807) is 6.07 Å². The molecule has 0 bridgehead atoms. The van der Waals surface area contributed by atoms with Crippen molar-refractivity contribution in [3.8, 4) is 5.75 Å². The molecule has 1 aliphatic rings. The first-order valence-corrected chi connectivity index (χ1v) is 5.93. The van der Waals surface area contributed by atoms with Gasteiger partial charge in [-0.05, 0) is 25.8 Å². The van der Waals surface area contributed by atoms with E-state index in [9.17, 15) is 5.11 Å². The van der Waals surface area contributed by atoms with E-state index in [1.165, 1.54) is 12.8 Å². The van der Waals surface area contributed by atoms with Crippen molar-refractivity contribution in [3.63, 3.8) is 0 Å². The number of aromatic hydroxyl groups is 1. The molecule has 2 rings (SSSR count). The number of hydroxylamine groups is 1. The molecule has 1 saturated carbocycles. The molecule has 3 nitrogen and oxygen atoms in total. The van der Waals surface area contributed by atoms with Crippen molar-refractivity contribution in [2.75, 3.05) is 0 Å². The van der Waals surface area contributed by atoms with Gasteiger partial charge in [-0.15, -0.1) is 0 Å². The second-order valence-electron chi connectivity index (χ2n) is 4.48. The maximum absolute atomic E-state index is 9.63. The third-order valence-electron chi connectivity index (χ3n) is 3.05. The summed E-state index contributed by atoms with van der Waals surface area (Å²) >= 11 is 0. The van der Waals surface area contributed by atoms with Crippen LogP contribution in [0.1, 0.15) is 36.8 Å². The van der Waals surface area contributed by atoms with Gasteiger partial charge in [0.25, 0.3) is 0 Å². The monoisotopic (exact) mass is 221 g/mol. The maximum atomic E-state index is 9.63. The molecule has 3 heteroatoms. The third kappa shape index (κ3) is 2.97. The summed E-state index contributed by atoms with van der Waals surface area (Å²) in [5.74, 6) is 0.327. The Morgan fingerprint density at radius 3 is 2.88 bits per heavy atom. The van der Waals surface area contributed by atoms with Crippen LogP contribution in [0.2, 0.25) is 0 Å². The number of phenols is 1. The number of aryl methyl sites for hydroxylation is 1. The van der Waals surface area contributed by atoms with Crippen LogP contribution in [-0.4, -0.2) is 11.2 Å². The summed E-state index contributed by atoms with van der Waals surface area (Å²) in [5.41, 5.74) is 4.99. The smallest absolute Gasteiger partial charge is 0.120 e. The first-order valence-electron chi connectivity index (χ1n) is 5.93. The highest BCUT2D eigenvalue weighted by molar-refractivity contribution is 5.35. The van der Waals surface area contributed by atoms with Gasteiger partial charge in [-0.1, -0.05) is 30.5 Å². The molecule has 0 heterocycles. The molecule has 0 radical (unpaired) electrons. The van der Waals surface area contributed by atoms with Crippen molar-refractivity contribution >= 4 is 0 Å². The van der Waals surface area contributed by atoms with Crippen LogP contribution < -0.4 is 5.48 Å². The number of hydrogen-bond acceptors (Lipinski definition) is 3. The topological polar surface area (TPSA) is 41.5 Å². The van der Waals surface area contributed by atoms with Crippen molar-refractivity contribution in [1.82, 2.24) is 5.48 Å².